The summed E-state index contributed by atoms with van der Waals surface area (Å²) in [6.45, 7) is 0. The van der Waals surface area contributed by atoms with E-state index in [4.69, 9.17) is 9.47 Å². The van der Waals surface area contributed by atoms with Gasteiger partial charge in [-0.2, -0.15) is 5.10 Å². The van der Waals surface area contributed by atoms with Gasteiger partial charge in [-0.1, -0.05) is 12.1 Å². The Bertz CT molecular complexity index is 723. The Kier molecular flexibility index (Phi) is 2.75. The van der Waals surface area contributed by atoms with Crippen molar-refractivity contribution in [3.63, 3.8) is 0 Å². The second-order valence-electron chi connectivity index (χ2n) is 3.94. The third kappa shape index (κ3) is 1.97. The zero-order valence-electron chi connectivity index (χ0n) is 10.6. The first kappa shape index (κ1) is 11.5. The van der Waals surface area contributed by atoms with Gasteiger partial charge in [0.05, 0.1) is 13.3 Å². The smallest absolute Gasteiger partial charge is 0.233 e. The van der Waals surface area contributed by atoms with Crippen LogP contribution >= 0.6 is 0 Å². The van der Waals surface area contributed by atoms with Crippen LogP contribution in [0.15, 0.2) is 36.8 Å². The molecule has 3 aromatic rings. The van der Waals surface area contributed by atoms with Crippen LogP contribution in [0.3, 0.4) is 0 Å². The molecule has 0 aliphatic heterocycles. The van der Waals surface area contributed by atoms with E-state index in [1.807, 2.05) is 31.3 Å². The topological polar surface area (TPSA) is 62.1 Å². The second kappa shape index (κ2) is 4.56. The van der Waals surface area contributed by atoms with Gasteiger partial charge in [0.2, 0.25) is 5.88 Å². The molecule has 0 spiro atoms. The molecule has 96 valence electrons. The summed E-state index contributed by atoms with van der Waals surface area (Å²) in [4.78, 5) is 8.31. The Hall–Kier alpha value is -2.63. The van der Waals surface area contributed by atoms with Crippen molar-refractivity contribution in [3.05, 3.63) is 36.8 Å². The molecule has 19 heavy (non-hydrogen) atoms. The summed E-state index contributed by atoms with van der Waals surface area (Å²) < 4.78 is 12.7. The fourth-order valence-corrected chi connectivity index (χ4v) is 1.83. The van der Waals surface area contributed by atoms with E-state index in [1.54, 1.807) is 18.0 Å². The summed E-state index contributed by atoms with van der Waals surface area (Å²) in [5.74, 6) is 1.72. The predicted molar refractivity (Wildman–Crippen MR) is 69.4 cm³/mol. The van der Waals surface area contributed by atoms with Crippen molar-refractivity contribution in [3.8, 4) is 17.4 Å². The number of nitrogens with zero attached hydrogens (tertiary/aromatic N) is 4. The molecule has 3 rings (SSSR count). The molecular formula is C13H12N4O2. The highest BCUT2D eigenvalue weighted by atomic mass is 16.5. The van der Waals surface area contributed by atoms with Gasteiger partial charge in [-0.3, -0.25) is 4.68 Å². The quantitative estimate of drug-likeness (QED) is 0.718. The molecule has 0 bridgehead atoms. The summed E-state index contributed by atoms with van der Waals surface area (Å²) in [6, 6.07) is 7.41. The highest BCUT2D eigenvalue weighted by Crippen LogP contribution is 2.32. The molecule has 0 atom stereocenters. The first-order chi connectivity index (χ1) is 9.29. The number of aromatic nitrogens is 4. The lowest BCUT2D eigenvalue weighted by Gasteiger charge is -2.09. The summed E-state index contributed by atoms with van der Waals surface area (Å²) in [5, 5.41) is 4.90. The number of aryl methyl sites for hydroxylation is 1. The minimum absolute atomic E-state index is 0.461. The van der Waals surface area contributed by atoms with Crippen LogP contribution < -0.4 is 9.47 Å². The van der Waals surface area contributed by atoms with Crippen molar-refractivity contribution in [2.75, 3.05) is 7.11 Å². The number of hydrogen-bond donors (Lipinski definition) is 0. The number of ether oxygens (including phenoxy) is 2. The first-order valence-corrected chi connectivity index (χ1v) is 5.73. The van der Waals surface area contributed by atoms with Gasteiger partial charge in [0.25, 0.3) is 0 Å². The molecular weight excluding hydrogens is 244 g/mol. The molecule has 0 aliphatic rings. The average molecular weight is 256 g/mol. The Morgan fingerprint density at radius 2 is 1.89 bits per heavy atom. The zero-order valence-corrected chi connectivity index (χ0v) is 10.6. The van der Waals surface area contributed by atoms with Gasteiger partial charge in [-0.15, -0.1) is 0 Å². The van der Waals surface area contributed by atoms with Crippen LogP contribution in [0.2, 0.25) is 0 Å². The zero-order chi connectivity index (χ0) is 13.2. The van der Waals surface area contributed by atoms with E-state index < -0.39 is 0 Å². The molecule has 6 nitrogen and oxygen atoms in total. The fraction of sp³-hybridized carbons (Fsp3) is 0.154. The van der Waals surface area contributed by atoms with Crippen LogP contribution in [-0.4, -0.2) is 26.9 Å². The lowest BCUT2D eigenvalue weighted by molar-refractivity contribution is 0.375. The molecule has 0 saturated carbocycles. The lowest BCUT2D eigenvalue weighted by atomic mass is 10.3. The Balaban J connectivity index is 2.06. The van der Waals surface area contributed by atoms with Crippen molar-refractivity contribution < 1.29 is 9.47 Å². The van der Waals surface area contributed by atoms with Crippen molar-refractivity contribution in [2.45, 2.75) is 0 Å². The Morgan fingerprint density at radius 3 is 2.68 bits per heavy atom. The summed E-state index contributed by atoms with van der Waals surface area (Å²) in [6.07, 6.45) is 3.13. The van der Waals surface area contributed by atoms with Gasteiger partial charge in [-0.25, -0.2) is 9.97 Å². The van der Waals surface area contributed by atoms with E-state index in [1.165, 1.54) is 6.33 Å². The van der Waals surface area contributed by atoms with Gasteiger partial charge >= 0.3 is 0 Å². The van der Waals surface area contributed by atoms with E-state index in [9.17, 15) is 0 Å². The molecule has 2 aromatic heterocycles. The molecule has 0 aliphatic carbocycles. The van der Waals surface area contributed by atoms with Crippen molar-refractivity contribution in [1.82, 2.24) is 19.7 Å². The van der Waals surface area contributed by atoms with Crippen molar-refractivity contribution in [1.29, 1.82) is 0 Å². The molecule has 0 fully saturated rings. The van der Waals surface area contributed by atoms with Crippen LogP contribution in [-0.2, 0) is 7.05 Å². The van der Waals surface area contributed by atoms with Crippen molar-refractivity contribution in [2.24, 2.45) is 7.05 Å². The normalized spacial score (nSPS) is 10.6. The number of methoxy groups -OCH3 is 1. The predicted octanol–water partition coefficient (Wildman–Crippen LogP) is 2.16. The minimum Gasteiger partial charge on any atom is -0.493 e. The molecule has 6 heteroatoms. The highest BCUT2D eigenvalue weighted by molar-refractivity contribution is 5.80. The van der Waals surface area contributed by atoms with Gasteiger partial charge in [0.15, 0.2) is 17.1 Å². The van der Waals surface area contributed by atoms with Gasteiger partial charge in [0, 0.05) is 7.05 Å². The molecule has 0 amide bonds. The average Bonchev–Trinajstić information content (AvgIpc) is 2.82. The Labute approximate surface area is 109 Å². The van der Waals surface area contributed by atoms with Crippen molar-refractivity contribution >= 4 is 11.0 Å². The third-order valence-electron chi connectivity index (χ3n) is 2.77. The summed E-state index contributed by atoms with van der Waals surface area (Å²) >= 11 is 0. The lowest BCUT2D eigenvalue weighted by Crippen LogP contribution is -1.95. The number of rotatable bonds is 3. The molecule has 0 radical (unpaired) electrons. The van der Waals surface area contributed by atoms with E-state index >= 15 is 0 Å². The minimum atomic E-state index is 0.461. The van der Waals surface area contributed by atoms with Crippen LogP contribution in [0.4, 0.5) is 0 Å². The number of para-hydroxylation sites is 2. The largest absolute Gasteiger partial charge is 0.493 e. The van der Waals surface area contributed by atoms with Gasteiger partial charge in [0.1, 0.15) is 11.7 Å². The van der Waals surface area contributed by atoms with Gasteiger partial charge < -0.3 is 9.47 Å². The number of benzene rings is 1. The summed E-state index contributed by atoms with van der Waals surface area (Å²) in [5.41, 5.74) is 0.722. The van der Waals surface area contributed by atoms with E-state index in [-0.39, 0.29) is 0 Å². The van der Waals surface area contributed by atoms with E-state index in [0.717, 1.165) is 11.0 Å². The van der Waals surface area contributed by atoms with Gasteiger partial charge in [-0.05, 0) is 12.1 Å². The molecule has 2 heterocycles. The molecule has 0 saturated heterocycles. The highest BCUT2D eigenvalue weighted by Gasteiger charge is 2.11. The maximum Gasteiger partial charge on any atom is 0.233 e. The summed E-state index contributed by atoms with van der Waals surface area (Å²) in [7, 11) is 3.42. The third-order valence-corrected chi connectivity index (χ3v) is 2.77. The molecule has 0 N–H and O–H groups in total. The number of fused-ring (bicyclic) bond motifs is 1. The fourth-order valence-electron chi connectivity index (χ4n) is 1.83. The van der Waals surface area contributed by atoms with E-state index in [0.29, 0.717) is 17.4 Å². The van der Waals surface area contributed by atoms with Crippen LogP contribution in [0, 0.1) is 0 Å². The molecule has 1 aromatic carbocycles. The van der Waals surface area contributed by atoms with Crippen LogP contribution in [0.5, 0.6) is 17.4 Å². The Morgan fingerprint density at radius 1 is 1.11 bits per heavy atom. The SMILES string of the molecule is COc1ccccc1Oc1ncnc2c1cnn2C. The maximum absolute atomic E-state index is 5.80. The monoisotopic (exact) mass is 256 g/mol. The molecule has 0 unspecified atom stereocenters. The standard InChI is InChI=1S/C13H12N4O2/c1-17-12-9(7-16-17)13(15-8-14-12)19-11-6-4-3-5-10(11)18-2/h3-8H,1-2H3. The number of hydrogen-bond acceptors (Lipinski definition) is 5. The van der Waals surface area contributed by atoms with Crippen LogP contribution in [0.1, 0.15) is 0 Å². The maximum atomic E-state index is 5.80. The van der Waals surface area contributed by atoms with E-state index in [2.05, 4.69) is 15.1 Å². The first-order valence-electron chi connectivity index (χ1n) is 5.73. The second-order valence-corrected chi connectivity index (χ2v) is 3.94. The van der Waals surface area contributed by atoms with Crippen LogP contribution in [0.25, 0.3) is 11.0 Å².